The third kappa shape index (κ3) is 3.38. The van der Waals surface area contributed by atoms with Crippen molar-refractivity contribution in [1.29, 1.82) is 0 Å². The largest absolute Gasteiger partial charge is 0.416 e. The van der Waals surface area contributed by atoms with E-state index in [1.807, 2.05) is 6.07 Å². The minimum absolute atomic E-state index is 0.333. The molecule has 1 N–H and O–H groups in total. The van der Waals surface area contributed by atoms with Crippen LogP contribution >= 0.6 is 0 Å². The molecule has 2 aromatic carbocycles. The van der Waals surface area contributed by atoms with Gasteiger partial charge in [0.2, 0.25) is 0 Å². The molecule has 2 aliphatic rings. The molecule has 2 aliphatic heterocycles. The number of benzene rings is 2. The smallest absolute Gasteiger partial charge is 0.314 e. The van der Waals surface area contributed by atoms with Crippen LogP contribution in [0.15, 0.2) is 42.5 Å². The van der Waals surface area contributed by atoms with Crippen molar-refractivity contribution >= 4 is 15.9 Å². The fourth-order valence-electron chi connectivity index (χ4n) is 3.77. The Kier molecular flexibility index (Phi) is 4.84. The van der Waals surface area contributed by atoms with Gasteiger partial charge < -0.3 is 5.32 Å². The van der Waals surface area contributed by atoms with Crippen LogP contribution in [0.1, 0.15) is 11.1 Å². The topological polar surface area (TPSA) is 52.7 Å². The first kappa shape index (κ1) is 19.2. The summed E-state index contributed by atoms with van der Waals surface area (Å²) < 4.78 is 67.5. The maximum absolute atomic E-state index is 13.1. The van der Waals surface area contributed by atoms with Crippen molar-refractivity contribution < 1.29 is 21.6 Å². The van der Waals surface area contributed by atoms with Gasteiger partial charge in [0.15, 0.2) is 0 Å². The van der Waals surface area contributed by atoms with E-state index in [1.54, 1.807) is 12.1 Å². The number of halogens is 3. The number of hydrogen-bond donors (Lipinski definition) is 1. The Labute approximate surface area is 161 Å². The number of anilines is 1. The van der Waals surface area contributed by atoms with Crippen LogP contribution in [-0.4, -0.2) is 45.4 Å². The zero-order valence-electron chi connectivity index (χ0n) is 15.0. The van der Waals surface area contributed by atoms with Gasteiger partial charge in [-0.1, -0.05) is 24.3 Å². The van der Waals surface area contributed by atoms with Gasteiger partial charge in [0.25, 0.3) is 0 Å². The number of piperazine rings is 1. The maximum atomic E-state index is 13.1. The van der Waals surface area contributed by atoms with Gasteiger partial charge in [-0.05, 0) is 41.3 Å². The van der Waals surface area contributed by atoms with Crippen LogP contribution in [0.25, 0.3) is 11.1 Å². The summed E-state index contributed by atoms with van der Waals surface area (Å²) in [4.78, 5) is 0. The van der Waals surface area contributed by atoms with Crippen LogP contribution in [0.4, 0.5) is 18.9 Å². The van der Waals surface area contributed by atoms with Gasteiger partial charge in [-0.3, -0.25) is 4.31 Å². The standard InChI is InChI=1S/C19H20F3N3O2S/c20-19(21,22)15-6-4-14(5-7-15)16-2-1-3-18-17(16)8-11-25(18)28(26,27)24-12-9-23-10-13-24/h1-7,23H,8-13H2. The van der Waals surface area contributed by atoms with Crippen molar-refractivity contribution in [3.05, 3.63) is 53.6 Å². The lowest BCUT2D eigenvalue weighted by molar-refractivity contribution is -0.137. The summed E-state index contributed by atoms with van der Waals surface area (Å²) in [5.41, 5.74) is 2.17. The second-order valence-electron chi connectivity index (χ2n) is 6.86. The molecule has 28 heavy (non-hydrogen) atoms. The number of fused-ring (bicyclic) bond motifs is 1. The van der Waals surface area contributed by atoms with Gasteiger partial charge in [0.1, 0.15) is 0 Å². The molecule has 0 saturated carbocycles. The predicted molar refractivity (Wildman–Crippen MR) is 101 cm³/mol. The lowest BCUT2D eigenvalue weighted by Crippen LogP contribution is -2.51. The van der Waals surface area contributed by atoms with Crippen molar-refractivity contribution in [2.45, 2.75) is 12.6 Å². The summed E-state index contributed by atoms with van der Waals surface area (Å²) in [6.45, 7) is 2.41. The Morgan fingerprint density at radius 1 is 0.929 bits per heavy atom. The van der Waals surface area contributed by atoms with Gasteiger partial charge >= 0.3 is 16.4 Å². The molecule has 0 atom stereocenters. The average molecular weight is 411 g/mol. The van der Waals surface area contributed by atoms with E-state index in [2.05, 4.69) is 5.32 Å². The molecule has 0 bridgehead atoms. The van der Waals surface area contributed by atoms with Crippen molar-refractivity contribution in [2.24, 2.45) is 0 Å². The average Bonchev–Trinajstić information content (AvgIpc) is 3.13. The molecule has 2 aromatic rings. The van der Waals surface area contributed by atoms with Crippen LogP contribution in [0, 0.1) is 0 Å². The number of nitrogens with zero attached hydrogens (tertiary/aromatic N) is 2. The Morgan fingerprint density at radius 2 is 1.61 bits per heavy atom. The van der Waals surface area contributed by atoms with E-state index in [0.717, 1.165) is 23.3 Å². The van der Waals surface area contributed by atoms with Gasteiger partial charge in [-0.2, -0.15) is 25.9 Å². The summed E-state index contributed by atoms with van der Waals surface area (Å²) in [7, 11) is -3.62. The Morgan fingerprint density at radius 3 is 2.25 bits per heavy atom. The highest BCUT2D eigenvalue weighted by molar-refractivity contribution is 7.90. The van der Waals surface area contributed by atoms with E-state index < -0.39 is 21.9 Å². The van der Waals surface area contributed by atoms with E-state index in [0.29, 0.717) is 50.4 Å². The minimum atomic E-state index is -4.38. The summed E-state index contributed by atoms with van der Waals surface area (Å²) in [5.74, 6) is 0. The highest BCUT2D eigenvalue weighted by atomic mass is 32.2. The molecular formula is C19H20F3N3O2S. The fraction of sp³-hybridized carbons (Fsp3) is 0.368. The Bertz CT molecular complexity index is 969. The van der Waals surface area contributed by atoms with Crippen molar-refractivity contribution in [2.75, 3.05) is 37.0 Å². The Hall–Kier alpha value is -2.10. The van der Waals surface area contributed by atoms with Gasteiger partial charge in [0.05, 0.1) is 11.3 Å². The molecule has 4 rings (SSSR count). The molecule has 5 nitrogen and oxygen atoms in total. The quantitative estimate of drug-likeness (QED) is 0.845. The first-order valence-corrected chi connectivity index (χ1v) is 10.5. The fourth-order valence-corrected chi connectivity index (χ4v) is 5.43. The normalized spacial score (nSPS) is 18.3. The predicted octanol–water partition coefficient (Wildman–Crippen LogP) is 2.88. The highest BCUT2D eigenvalue weighted by Gasteiger charge is 2.36. The molecule has 0 unspecified atom stereocenters. The third-order valence-electron chi connectivity index (χ3n) is 5.19. The van der Waals surface area contributed by atoms with E-state index in [-0.39, 0.29) is 0 Å². The molecule has 0 spiro atoms. The second-order valence-corrected chi connectivity index (χ2v) is 8.71. The number of alkyl halides is 3. The summed E-state index contributed by atoms with van der Waals surface area (Å²) in [6, 6.07) is 10.3. The van der Waals surface area contributed by atoms with Crippen LogP contribution in [-0.2, 0) is 22.8 Å². The first-order chi connectivity index (χ1) is 13.3. The molecule has 1 fully saturated rings. The monoisotopic (exact) mass is 411 g/mol. The van der Waals surface area contributed by atoms with Gasteiger partial charge in [-0.25, -0.2) is 0 Å². The zero-order valence-corrected chi connectivity index (χ0v) is 15.9. The molecule has 150 valence electrons. The molecule has 0 radical (unpaired) electrons. The van der Waals surface area contributed by atoms with E-state index in [1.165, 1.54) is 20.7 Å². The van der Waals surface area contributed by atoms with Gasteiger partial charge in [-0.15, -0.1) is 0 Å². The van der Waals surface area contributed by atoms with E-state index in [9.17, 15) is 21.6 Å². The van der Waals surface area contributed by atoms with E-state index in [4.69, 9.17) is 0 Å². The molecule has 0 amide bonds. The third-order valence-corrected chi connectivity index (χ3v) is 7.14. The lowest BCUT2D eigenvalue weighted by Gasteiger charge is -2.31. The number of nitrogens with one attached hydrogen (secondary N) is 1. The maximum Gasteiger partial charge on any atom is 0.416 e. The number of rotatable bonds is 3. The van der Waals surface area contributed by atoms with Crippen LogP contribution in [0.2, 0.25) is 0 Å². The molecule has 1 saturated heterocycles. The summed E-state index contributed by atoms with van der Waals surface area (Å²) in [5, 5.41) is 3.14. The molecule has 0 aliphatic carbocycles. The Balaban J connectivity index is 1.68. The summed E-state index contributed by atoms with van der Waals surface area (Å²) >= 11 is 0. The van der Waals surface area contributed by atoms with Crippen molar-refractivity contribution in [1.82, 2.24) is 9.62 Å². The first-order valence-electron chi connectivity index (χ1n) is 9.06. The van der Waals surface area contributed by atoms with Gasteiger partial charge in [0, 0.05) is 32.7 Å². The summed E-state index contributed by atoms with van der Waals surface area (Å²) in [6.07, 6.45) is -3.86. The molecular weight excluding hydrogens is 391 g/mol. The molecule has 0 aromatic heterocycles. The van der Waals surface area contributed by atoms with Crippen LogP contribution in [0.5, 0.6) is 0 Å². The molecule has 2 heterocycles. The van der Waals surface area contributed by atoms with Crippen molar-refractivity contribution in [3.8, 4) is 11.1 Å². The highest BCUT2D eigenvalue weighted by Crippen LogP contribution is 2.39. The van der Waals surface area contributed by atoms with Crippen LogP contribution in [0.3, 0.4) is 0 Å². The van der Waals surface area contributed by atoms with Crippen LogP contribution < -0.4 is 9.62 Å². The zero-order chi connectivity index (χ0) is 19.9. The molecule has 9 heteroatoms. The SMILES string of the molecule is O=S(=O)(N1CCNCC1)N1CCc2c(-c3ccc(C(F)(F)F)cc3)cccc21. The lowest BCUT2D eigenvalue weighted by atomic mass is 9.97. The number of hydrogen-bond acceptors (Lipinski definition) is 3. The second kappa shape index (κ2) is 7.06. The van der Waals surface area contributed by atoms with Crippen molar-refractivity contribution in [3.63, 3.8) is 0 Å². The minimum Gasteiger partial charge on any atom is -0.314 e. The van der Waals surface area contributed by atoms with E-state index >= 15 is 0 Å².